The van der Waals surface area contributed by atoms with Gasteiger partial charge in [0, 0.05) is 35.2 Å². The molecule has 1 fully saturated rings. The molecule has 1 aliphatic carbocycles. The van der Waals surface area contributed by atoms with Crippen molar-refractivity contribution in [1.82, 2.24) is 9.88 Å². The molecule has 5 heteroatoms. The normalized spacial score (nSPS) is 15.5. The van der Waals surface area contributed by atoms with Gasteiger partial charge in [-0.2, -0.15) is 0 Å². The maximum atomic E-state index is 12.3. The van der Waals surface area contributed by atoms with Crippen LogP contribution < -0.4 is 5.32 Å². The van der Waals surface area contributed by atoms with Crippen molar-refractivity contribution in [2.45, 2.75) is 38.1 Å². The van der Waals surface area contributed by atoms with Gasteiger partial charge >= 0.3 is 0 Å². The lowest BCUT2D eigenvalue weighted by Gasteiger charge is -2.10. The van der Waals surface area contributed by atoms with Gasteiger partial charge < -0.3 is 9.88 Å². The molecule has 120 valence electrons. The van der Waals surface area contributed by atoms with Gasteiger partial charge in [-0.05, 0) is 36.8 Å². The Hall–Kier alpha value is -1.59. The quantitative estimate of drug-likeness (QED) is 0.705. The number of nitrogens with zero attached hydrogens (tertiary/aromatic N) is 1. The van der Waals surface area contributed by atoms with Gasteiger partial charge in [-0.15, -0.1) is 22.7 Å². The fourth-order valence-electron chi connectivity index (χ4n) is 3.32. The molecular formula is C18H20N2OS2. The third-order valence-corrected chi connectivity index (χ3v) is 6.57. The summed E-state index contributed by atoms with van der Waals surface area (Å²) in [5.41, 5.74) is 0. The molecule has 1 saturated carbocycles. The van der Waals surface area contributed by atoms with Gasteiger partial charge in [-0.3, -0.25) is 4.79 Å². The van der Waals surface area contributed by atoms with Crippen LogP contribution >= 0.6 is 22.7 Å². The zero-order valence-electron chi connectivity index (χ0n) is 13.0. The zero-order chi connectivity index (χ0) is 15.6. The van der Waals surface area contributed by atoms with Crippen molar-refractivity contribution in [2.24, 2.45) is 0 Å². The molecule has 0 saturated heterocycles. The summed E-state index contributed by atoms with van der Waals surface area (Å²) in [5.74, 6) is 0.0511. The minimum absolute atomic E-state index is 0.0511. The van der Waals surface area contributed by atoms with E-state index in [9.17, 15) is 4.79 Å². The highest BCUT2D eigenvalue weighted by Crippen LogP contribution is 2.34. The highest BCUT2D eigenvalue weighted by molar-refractivity contribution is 7.20. The summed E-state index contributed by atoms with van der Waals surface area (Å²) in [6.45, 7) is 0.698. The van der Waals surface area contributed by atoms with Crippen LogP contribution in [0.4, 0.5) is 0 Å². The number of carbonyl (C=O) groups is 1. The lowest BCUT2D eigenvalue weighted by Crippen LogP contribution is -2.24. The molecule has 23 heavy (non-hydrogen) atoms. The van der Waals surface area contributed by atoms with Crippen LogP contribution in [0.25, 0.3) is 10.1 Å². The molecule has 1 aliphatic rings. The third-order valence-electron chi connectivity index (χ3n) is 4.55. The van der Waals surface area contributed by atoms with E-state index in [-0.39, 0.29) is 5.91 Å². The van der Waals surface area contributed by atoms with E-state index in [4.69, 9.17) is 0 Å². The third kappa shape index (κ3) is 3.21. The van der Waals surface area contributed by atoms with Crippen LogP contribution in [0.2, 0.25) is 0 Å². The lowest BCUT2D eigenvalue weighted by atomic mass is 10.2. The van der Waals surface area contributed by atoms with E-state index >= 15 is 0 Å². The number of thiophene rings is 2. The molecule has 0 aromatic carbocycles. The number of carbonyl (C=O) groups excluding carboxylic acids is 1. The van der Waals surface area contributed by atoms with Gasteiger partial charge in [0.1, 0.15) is 0 Å². The molecule has 3 nitrogen and oxygen atoms in total. The number of rotatable bonds is 5. The number of amides is 1. The van der Waals surface area contributed by atoms with Crippen LogP contribution in [0.1, 0.15) is 46.3 Å². The van der Waals surface area contributed by atoms with Crippen LogP contribution in [0.15, 0.2) is 36.0 Å². The smallest absolute Gasteiger partial charge is 0.261 e. The van der Waals surface area contributed by atoms with Crippen molar-refractivity contribution in [3.8, 4) is 0 Å². The molecule has 0 aliphatic heterocycles. The van der Waals surface area contributed by atoms with Crippen molar-refractivity contribution in [1.29, 1.82) is 0 Å². The second kappa shape index (κ2) is 6.49. The average Bonchev–Trinajstić information content (AvgIpc) is 3.29. The lowest BCUT2D eigenvalue weighted by molar-refractivity contribution is 0.0958. The Kier molecular flexibility index (Phi) is 4.23. The van der Waals surface area contributed by atoms with Crippen molar-refractivity contribution in [3.63, 3.8) is 0 Å². The summed E-state index contributed by atoms with van der Waals surface area (Å²) >= 11 is 3.34. The summed E-state index contributed by atoms with van der Waals surface area (Å²) in [7, 11) is 0. The Morgan fingerprint density at radius 2 is 2.17 bits per heavy atom. The Balaban J connectivity index is 1.40. The highest BCUT2D eigenvalue weighted by Gasteiger charge is 2.18. The van der Waals surface area contributed by atoms with Gasteiger partial charge in [0.25, 0.3) is 5.91 Å². The Bertz CT molecular complexity index is 763. The Morgan fingerprint density at radius 1 is 1.30 bits per heavy atom. The van der Waals surface area contributed by atoms with Gasteiger partial charge in [-0.1, -0.05) is 18.9 Å². The van der Waals surface area contributed by atoms with E-state index in [1.807, 2.05) is 12.1 Å². The molecular weight excluding hydrogens is 324 g/mol. The predicted molar refractivity (Wildman–Crippen MR) is 97.7 cm³/mol. The van der Waals surface area contributed by atoms with Gasteiger partial charge in [0.15, 0.2) is 0 Å². The van der Waals surface area contributed by atoms with Crippen LogP contribution in [0, 0.1) is 0 Å². The number of fused-ring (bicyclic) bond motifs is 1. The molecule has 3 heterocycles. The van der Waals surface area contributed by atoms with Crippen molar-refractivity contribution < 1.29 is 4.79 Å². The van der Waals surface area contributed by atoms with E-state index in [1.165, 1.54) is 40.6 Å². The zero-order valence-corrected chi connectivity index (χ0v) is 14.6. The van der Waals surface area contributed by atoms with E-state index in [0.29, 0.717) is 12.6 Å². The van der Waals surface area contributed by atoms with Crippen LogP contribution in [-0.4, -0.2) is 17.0 Å². The van der Waals surface area contributed by atoms with Crippen LogP contribution in [-0.2, 0) is 6.42 Å². The topological polar surface area (TPSA) is 34.0 Å². The first-order valence-electron chi connectivity index (χ1n) is 8.21. The highest BCUT2D eigenvalue weighted by atomic mass is 32.1. The van der Waals surface area contributed by atoms with Crippen LogP contribution in [0.5, 0.6) is 0 Å². The fraction of sp³-hybridized carbons (Fsp3) is 0.389. The number of aromatic nitrogens is 1. The SMILES string of the molecule is O=C(NCCc1cccs1)c1cc2cn(C3CCCC3)cc2s1. The second-order valence-electron chi connectivity index (χ2n) is 6.16. The van der Waals surface area contributed by atoms with Gasteiger partial charge in [0.2, 0.25) is 0 Å². The standard InChI is InChI=1S/C18H20N2OS2/c21-18(19-8-7-15-6-3-9-22-15)16-10-13-11-20(12-17(13)23-16)14-4-1-2-5-14/h3,6,9-12,14H,1-2,4-5,7-8H2,(H,19,21). The summed E-state index contributed by atoms with van der Waals surface area (Å²) < 4.78 is 3.58. The van der Waals surface area contributed by atoms with Gasteiger partial charge in [-0.25, -0.2) is 0 Å². The van der Waals surface area contributed by atoms with Crippen molar-refractivity contribution in [2.75, 3.05) is 6.54 Å². The monoisotopic (exact) mass is 344 g/mol. The largest absolute Gasteiger partial charge is 0.351 e. The first-order valence-corrected chi connectivity index (χ1v) is 9.91. The molecule has 0 spiro atoms. The summed E-state index contributed by atoms with van der Waals surface area (Å²) in [5, 5.41) is 6.30. The number of hydrogen-bond donors (Lipinski definition) is 1. The molecule has 0 unspecified atom stereocenters. The first kappa shape index (κ1) is 15.0. The molecule has 0 atom stereocenters. The molecule has 1 N–H and O–H groups in total. The molecule has 4 rings (SSSR count). The molecule has 0 radical (unpaired) electrons. The van der Waals surface area contributed by atoms with E-state index in [0.717, 1.165) is 11.3 Å². The van der Waals surface area contributed by atoms with Gasteiger partial charge in [0.05, 0.1) is 9.58 Å². The average molecular weight is 345 g/mol. The minimum Gasteiger partial charge on any atom is -0.351 e. The molecule has 0 bridgehead atoms. The summed E-state index contributed by atoms with van der Waals surface area (Å²) in [6.07, 6.45) is 10.6. The van der Waals surface area contributed by atoms with Crippen LogP contribution in [0.3, 0.4) is 0 Å². The summed E-state index contributed by atoms with van der Waals surface area (Å²) in [6, 6.07) is 6.86. The maximum Gasteiger partial charge on any atom is 0.261 e. The predicted octanol–water partition coefficient (Wildman–Crippen LogP) is 4.85. The minimum atomic E-state index is 0.0511. The number of nitrogens with one attached hydrogen (secondary N) is 1. The number of hydrogen-bond acceptors (Lipinski definition) is 3. The van der Waals surface area contributed by atoms with E-state index < -0.39 is 0 Å². The maximum absolute atomic E-state index is 12.3. The second-order valence-corrected chi connectivity index (χ2v) is 8.28. The summed E-state index contributed by atoms with van der Waals surface area (Å²) in [4.78, 5) is 14.4. The fourth-order valence-corrected chi connectivity index (χ4v) is 5.02. The Labute approximate surface area is 143 Å². The van der Waals surface area contributed by atoms with Crippen molar-refractivity contribution >= 4 is 38.7 Å². The van der Waals surface area contributed by atoms with E-state index in [2.05, 4.69) is 33.7 Å². The first-order chi connectivity index (χ1) is 11.3. The van der Waals surface area contributed by atoms with Crippen molar-refractivity contribution in [3.05, 3.63) is 45.7 Å². The van der Waals surface area contributed by atoms with E-state index in [1.54, 1.807) is 22.7 Å². The molecule has 3 aromatic heterocycles. The molecule has 3 aromatic rings. The molecule has 1 amide bonds. The Morgan fingerprint density at radius 3 is 2.91 bits per heavy atom.